The largest absolute Gasteiger partial charge is 0.455 e. The van der Waals surface area contributed by atoms with Gasteiger partial charge in [-0.3, -0.25) is 4.98 Å². The number of nitrogens with zero attached hydrogens (tertiary/aromatic N) is 3. The van der Waals surface area contributed by atoms with Gasteiger partial charge in [0.15, 0.2) is 5.75 Å². The molecule has 0 saturated heterocycles. The zero-order chi connectivity index (χ0) is 19.0. The van der Waals surface area contributed by atoms with Gasteiger partial charge in [-0.05, 0) is 42.5 Å². The Hall–Kier alpha value is -3.93. The Morgan fingerprint density at radius 3 is 2.43 bits per heavy atom. The zero-order valence-electron chi connectivity index (χ0n) is 15.1. The fraction of sp³-hybridized carbons (Fsp3) is 0.0455. The van der Waals surface area contributed by atoms with E-state index in [-0.39, 0.29) is 0 Å². The summed E-state index contributed by atoms with van der Waals surface area (Å²) in [6, 6.07) is 25.0. The summed E-state index contributed by atoms with van der Waals surface area (Å²) < 4.78 is 5.99. The molecule has 0 bridgehead atoms. The van der Waals surface area contributed by atoms with Gasteiger partial charge in [-0.1, -0.05) is 36.4 Å². The summed E-state index contributed by atoms with van der Waals surface area (Å²) >= 11 is 0. The molecule has 2 aromatic heterocycles. The maximum Gasteiger partial charge on any atom is 0.224 e. The van der Waals surface area contributed by atoms with E-state index in [0.717, 1.165) is 22.9 Å². The number of para-hydroxylation sites is 3. The van der Waals surface area contributed by atoms with Gasteiger partial charge in [0.05, 0.1) is 17.9 Å². The molecule has 6 heteroatoms. The minimum Gasteiger partial charge on any atom is -0.455 e. The van der Waals surface area contributed by atoms with Crippen LogP contribution >= 0.6 is 0 Å². The Balaban J connectivity index is 1.47. The van der Waals surface area contributed by atoms with Crippen molar-refractivity contribution in [3.8, 4) is 11.5 Å². The second-order valence-electron chi connectivity index (χ2n) is 5.98. The molecule has 0 unspecified atom stereocenters. The van der Waals surface area contributed by atoms with Crippen molar-refractivity contribution in [1.82, 2.24) is 15.0 Å². The third-order valence-electron chi connectivity index (χ3n) is 3.93. The molecule has 4 aromatic rings. The summed E-state index contributed by atoms with van der Waals surface area (Å²) in [5, 5.41) is 6.49. The van der Waals surface area contributed by atoms with Gasteiger partial charge in [0.1, 0.15) is 11.6 Å². The molecule has 0 spiro atoms. The van der Waals surface area contributed by atoms with Crippen molar-refractivity contribution in [1.29, 1.82) is 0 Å². The van der Waals surface area contributed by atoms with Crippen LogP contribution in [-0.4, -0.2) is 15.0 Å². The van der Waals surface area contributed by atoms with Crippen LogP contribution in [0.2, 0.25) is 0 Å². The molecule has 2 heterocycles. The highest BCUT2D eigenvalue weighted by Crippen LogP contribution is 2.31. The van der Waals surface area contributed by atoms with E-state index in [0.29, 0.717) is 18.3 Å². The molecular weight excluding hydrogens is 350 g/mol. The van der Waals surface area contributed by atoms with Crippen LogP contribution in [0.15, 0.2) is 91.3 Å². The molecule has 6 nitrogen and oxygen atoms in total. The van der Waals surface area contributed by atoms with Crippen molar-refractivity contribution in [2.24, 2.45) is 0 Å². The summed E-state index contributed by atoms with van der Waals surface area (Å²) in [6.07, 6.45) is 3.47. The van der Waals surface area contributed by atoms with Gasteiger partial charge < -0.3 is 15.4 Å². The SMILES string of the molecule is c1ccc(Oc2ccccc2Nc2ccnc(NCc3ccccn3)n2)cc1. The maximum absolute atomic E-state index is 5.99. The molecule has 0 fully saturated rings. The molecule has 0 saturated carbocycles. The number of nitrogens with one attached hydrogen (secondary N) is 2. The van der Waals surface area contributed by atoms with Crippen molar-refractivity contribution in [3.63, 3.8) is 0 Å². The molecule has 0 aliphatic carbocycles. The average Bonchev–Trinajstić information content (AvgIpc) is 2.75. The average molecular weight is 369 g/mol. The second-order valence-corrected chi connectivity index (χ2v) is 5.98. The summed E-state index contributed by atoms with van der Waals surface area (Å²) in [4.78, 5) is 13.1. The van der Waals surface area contributed by atoms with Crippen molar-refractivity contribution >= 4 is 17.5 Å². The van der Waals surface area contributed by atoms with E-state index in [1.165, 1.54) is 0 Å². The summed E-state index contributed by atoms with van der Waals surface area (Å²) in [5.41, 5.74) is 1.74. The highest BCUT2D eigenvalue weighted by molar-refractivity contribution is 5.65. The maximum atomic E-state index is 5.99. The Kier molecular flexibility index (Phi) is 5.39. The molecule has 0 aliphatic rings. The number of ether oxygens (including phenoxy) is 1. The first-order valence-corrected chi connectivity index (χ1v) is 8.92. The molecule has 2 N–H and O–H groups in total. The molecular formula is C22H19N5O. The first-order chi connectivity index (χ1) is 13.9. The minimum atomic E-state index is 0.525. The smallest absolute Gasteiger partial charge is 0.224 e. The highest BCUT2D eigenvalue weighted by Gasteiger charge is 2.06. The number of hydrogen-bond acceptors (Lipinski definition) is 6. The van der Waals surface area contributed by atoms with Crippen molar-refractivity contribution in [2.45, 2.75) is 6.54 Å². The number of pyridine rings is 1. The number of rotatable bonds is 7. The Bertz CT molecular complexity index is 1030. The lowest BCUT2D eigenvalue weighted by atomic mass is 10.3. The predicted molar refractivity (Wildman–Crippen MR) is 110 cm³/mol. The standard InChI is InChI=1S/C22H19N5O/c1-2-9-18(10-3-1)28-20-12-5-4-11-19(20)26-21-13-15-24-22(27-21)25-16-17-8-6-7-14-23-17/h1-15H,16H2,(H2,24,25,26,27). The molecule has 4 rings (SSSR count). The lowest BCUT2D eigenvalue weighted by molar-refractivity contribution is 0.485. The minimum absolute atomic E-state index is 0.525. The van der Waals surface area contributed by atoms with E-state index >= 15 is 0 Å². The second kappa shape index (κ2) is 8.64. The Morgan fingerprint density at radius 1 is 0.750 bits per heavy atom. The third kappa shape index (κ3) is 4.62. The van der Waals surface area contributed by atoms with Crippen LogP contribution < -0.4 is 15.4 Å². The molecule has 0 aliphatic heterocycles. The van der Waals surface area contributed by atoms with Crippen LogP contribution in [0, 0.1) is 0 Å². The van der Waals surface area contributed by atoms with Crippen LogP contribution in [0.3, 0.4) is 0 Å². The Labute approximate surface area is 163 Å². The van der Waals surface area contributed by atoms with E-state index in [1.54, 1.807) is 12.4 Å². The first-order valence-electron chi connectivity index (χ1n) is 8.92. The number of anilines is 3. The van der Waals surface area contributed by atoms with Gasteiger partial charge in [0.2, 0.25) is 5.95 Å². The zero-order valence-corrected chi connectivity index (χ0v) is 15.1. The van der Waals surface area contributed by atoms with Crippen molar-refractivity contribution < 1.29 is 4.74 Å². The predicted octanol–water partition coefficient (Wildman–Crippen LogP) is 5.02. The molecule has 0 amide bonds. The molecule has 28 heavy (non-hydrogen) atoms. The van der Waals surface area contributed by atoms with E-state index in [2.05, 4.69) is 25.6 Å². The number of hydrogen-bond donors (Lipinski definition) is 2. The topological polar surface area (TPSA) is 72.0 Å². The van der Waals surface area contributed by atoms with E-state index in [1.807, 2.05) is 78.9 Å². The lowest BCUT2D eigenvalue weighted by Gasteiger charge is -2.13. The van der Waals surface area contributed by atoms with Gasteiger partial charge >= 0.3 is 0 Å². The summed E-state index contributed by atoms with van der Waals surface area (Å²) in [6.45, 7) is 0.554. The van der Waals surface area contributed by atoms with Gasteiger partial charge in [-0.25, -0.2) is 4.98 Å². The van der Waals surface area contributed by atoms with E-state index in [9.17, 15) is 0 Å². The fourth-order valence-corrected chi connectivity index (χ4v) is 2.60. The molecule has 0 atom stereocenters. The normalized spacial score (nSPS) is 10.3. The summed E-state index contributed by atoms with van der Waals surface area (Å²) in [7, 11) is 0. The van der Waals surface area contributed by atoms with Crippen LogP contribution in [-0.2, 0) is 6.54 Å². The highest BCUT2D eigenvalue weighted by atomic mass is 16.5. The number of benzene rings is 2. The summed E-state index contributed by atoms with van der Waals surface area (Å²) in [5.74, 6) is 2.69. The van der Waals surface area contributed by atoms with Gasteiger partial charge in [0.25, 0.3) is 0 Å². The quantitative estimate of drug-likeness (QED) is 0.477. The van der Waals surface area contributed by atoms with Crippen LogP contribution in [0.25, 0.3) is 0 Å². The van der Waals surface area contributed by atoms with Gasteiger partial charge in [0, 0.05) is 12.4 Å². The van der Waals surface area contributed by atoms with E-state index < -0.39 is 0 Å². The molecule has 138 valence electrons. The fourth-order valence-electron chi connectivity index (χ4n) is 2.60. The molecule has 0 radical (unpaired) electrons. The van der Waals surface area contributed by atoms with Crippen molar-refractivity contribution in [2.75, 3.05) is 10.6 Å². The number of aromatic nitrogens is 3. The first kappa shape index (κ1) is 17.5. The van der Waals surface area contributed by atoms with Crippen LogP contribution in [0.5, 0.6) is 11.5 Å². The third-order valence-corrected chi connectivity index (χ3v) is 3.93. The lowest BCUT2D eigenvalue weighted by Crippen LogP contribution is -2.06. The van der Waals surface area contributed by atoms with Gasteiger partial charge in [-0.15, -0.1) is 0 Å². The monoisotopic (exact) mass is 369 g/mol. The Morgan fingerprint density at radius 2 is 1.57 bits per heavy atom. The van der Waals surface area contributed by atoms with Gasteiger partial charge in [-0.2, -0.15) is 4.98 Å². The van der Waals surface area contributed by atoms with E-state index in [4.69, 9.17) is 4.74 Å². The van der Waals surface area contributed by atoms with Crippen molar-refractivity contribution in [3.05, 3.63) is 97.0 Å². The van der Waals surface area contributed by atoms with Crippen LogP contribution in [0.1, 0.15) is 5.69 Å². The van der Waals surface area contributed by atoms with Crippen LogP contribution in [0.4, 0.5) is 17.5 Å². The molecule has 2 aromatic carbocycles.